The Morgan fingerprint density at radius 1 is 1.07 bits per heavy atom. The van der Waals surface area contributed by atoms with Gasteiger partial charge in [-0.2, -0.15) is 0 Å². The van der Waals surface area contributed by atoms with Crippen LogP contribution in [0.15, 0.2) is 0 Å². The van der Waals surface area contributed by atoms with Crippen molar-refractivity contribution >= 4 is 51.1 Å². The summed E-state index contributed by atoms with van der Waals surface area (Å²) in [6.07, 6.45) is 5.58. The fourth-order valence-corrected chi connectivity index (χ4v) is 3.83. The summed E-state index contributed by atoms with van der Waals surface area (Å²) >= 11 is 0. The maximum absolute atomic E-state index is 4.23. The van der Waals surface area contributed by atoms with Crippen molar-refractivity contribution in [1.82, 2.24) is 0 Å². The maximum Gasteiger partial charge on any atom is -0.0174 e. The minimum atomic E-state index is 0. The lowest BCUT2D eigenvalue weighted by molar-refractivity contribution is 0.648. The lowest BCUT2D eigenvalue weighted by atomic mass is 10.1. The Hall–Kier alpha value is 1.82. The molecule has 1 radical (unpaired) electrons. The molecule has 0 aliphatic rings. The zero-order chi connectivity index (χ0) is 9.40. The van der Waals surface area contributed by atoms with Crippen molar-refractivity contribution in [3.05, 3.63) is 6.92 Å². The van der Waals surface area contributed by atoms with E-state index < -0.39 is 0 Å². The summed E-state index contributed by atoms with van der Waals surface area (Å²) < 4.78 is 0. The SMILES string of the molecule is Br.Br.[CH2]C(PC)C(CCCCC)PC. The second kappa shape index (κ2) is 14.8. The number of hydrogen-bond acceptors (Lipinski definition) is 0. The number of hydrogen-bond donors (Lipinski definition) is 0. The fraction of sp³-hybridized carbons (Fsp3) is 0.900. The molecule has 0 spiro atoms. The van der Waals surface area contributed by atoms with Crippen LogP contribution in [0.5, 0.6) is 0 Å². The molecule has 0 aromatic heterocycles. The van der Waals surface area contributed by atoms with Crippen LogP contribution >= 0.6 is 51.1 Å². The zero-order valence-corrected chi connectivity index (χ0v) is 14.9. The van der Waals surface area contributed by atoms with Crippen LogP contribution in [0.25, 0.3) is 0 Å². The Balaban J connectivity index is -0.000000605. The van der Waals surface area contributed by atoms with Crippen molar-refractivity contribution in [2.75, 3.05) is 13.3 Å². The Morgan fingerprint density at radius 2 is 1.64 bits per heavy atom. The van der Waals surface area contributed by atoms with E-state index in [0.29, 0.717) is 0 Å². The van der Waals surface area contributed by atoms with Crippen LogP contribution < -0.4 is 0 Å². The summed E-state index contributed by atoms with van der Waals surface area (Å²) in [5.74, 6) is 0. The van der Waals surface area contributed by atoms with Gasteiger partial charge in [-0.15, -0.1) is 51.1 Å². The van der Waals surface area contributed by atoms with Crippen LogP contribution in [0.1, 0.15) is 32.6 Å². The van der Waals surface area contributed by atoms with Crippen molar-refractivity contribution in [2.24, 2.45) is 0 Å². The predicted octanol–water partition coefficient (Wildman–Crippen LogP) is 4.91. The van der Waals surface area contributed by atoms with E-state index in [4.69, 9.17) is 0 Å². The molecule has 4 atom stereocenters. The first-order chi connectivity index (χ1) is 5.76. The zero-order valence-electron chi connectivity index (χ0n) is 9.51. The van der Waals surface area contributed by atoms with E-state index in [9.17, 15) is 0 Å². The fourth-order valence-electron chi connectivity index (χ4n) is 1.36. The van der Waals surface area contributed by atoms with Crippen molar-refractivity contribution in [2.45, 2.75) is 43.9 Å². The quantitative estimate of drug-likeness (QED) is 0.443. The summed E-state index contributed by atoms with van der Waals surface area (Å²) in [5.41, 5.74) is 1.64. The molecule has 0 saturated carbocycles. The molecule has 0 aliphatic heterocycles. The van der Waals surface area contributed by atoms with Gasteiger partial charge in [-0.1, -0.05) is 26.2 Å². The molecule has 4 unspecified atom stereocenters. The average Bonchev–Trinajstić information content (AvgIpc) is 2.11. The topological polar surface area (TPSA) is 0 Å². The molecule has 0 rings (SSSR count). The highest BCUT2D eigenvalue weighted by Crippen LogP contribution is 2.31. The lowest BCUT2D eigenvalue weighted by Gasteiger charge is -2.20. The molecule has 0 fully saturated rings. The first-order valence-electron chi connectivity index (χ1n) is 4.93. The number of halogens is 2. The third-order valence-electron chi connectivity index (χ3n) is 2.35. The van der Waals surface area contributed by atoms with Gasteiger partial charge in [-0.05, 0) is 38.0 Å². The number of unbranched alkanes of at least 4 members (excludes halogenated alkanes) is 2. The standard InChI is InChI=1S/C10H23P2.2BrH/c1-5-6-7-8-10(12-4)9(2)11-3;;/h9-12H,2,5-8H2,1,3-4H3;2*1H. The third-order valence-corrected chi connectivity index (χ3v) is 5.26. The van der Waals surface area contributed by atoms with E-state index >= 15 is 0 Å². The molecule has 0 saturated heterocycles. The van der Waals surface area contributed by atoms with Crippen LogP contribution in [0.2, 0.25) is 0 Å². The Bertz CT molecular complexity index is 102. The van der Waals surface area contributed by atoms with Gasteiger partial charge in [0.1, 0.15) is 0 Å². The Labute approximate surface area is 115 Å². The van der Waals surface area contributed by atoms with Crippen LogP contribution in [0, 0.1) is 6.92 Å². The monoisotopic (exact) mass is 365 g/mol. The van der Waals surface area contributed by atoms with Gasteiger partial charge in [-0.25, -0.2) is 0 Å². The molecular weight excluding hydrogens is 342 g/mol. The van der Waals surface area contributed by atoms with E-state index in [1.807, 2.05) is 0 Å². The van der Waals surface area contributed by atoms with E-state index in [1.165, 1.54) is 25.7 Å². The molecule has 14 heavy (non-hydrogen) atoms. The van der Waals surface area contributed by atoms with Crippen LogP contribution in [0.4, 0.5) is 0 Å². The van der Waals surface area contributed by atoms with Crippen molar-refractivity contribution in [3.8, 4) is 0 Å². The molecule has 0 amide bonds. The molecule has 0 aliphatic carbocycles. The van der Waals surface area contributed by atoms with Gasteiger partial charge >= 0.3 is 0 Å². The average molecular weight is 367 g/mol. The molecule has 0 nitrogen and oxygen atoms in total. The first-order valence-corrected chi connectivity index (χ1v) is 8.09. The number of rotatable bonds is 7. The van der Waals surface area contributed by atoms with Gasteiger partial charge in [-0.3, -0.25) is 0 Å². The second-order valence-corrected chi connectivity index (χ2v) is 5.92. The summed E-state index contributed by atoms with van der Waals surface area (Å²) in [7, 11) is 2.12. The van der Waals surface area contributed by atoms with E-state index in [0.717, 1.165) is 28.5 Å². The molecule has 0 N–H and O–H groups in total. The smallest absolute Gasteiger partial charge is 0.0174 e. The highest BCUT2D eigenvalue weighted by molar-refractivity contribution is 8.93. The van der Waals surface area contributed by atoms with E-state index in [1.54, 1.807) is 0 Å². The molecule has 0 aromatic rings. The van der Waals surface area contributed by atoms with E-state index in [-0.39, 0.29) is 34.0 Å². The van der Waals surface area contributed by atoms with Gasteiger partial charge in [0.15, 0.2) is 0 Å². The molecule has 0 aromatic carbocycles. The Kier molecular flexibility index (Phi) is 22.4. The third kappa shape index (κ3) is 10.3. The maximum atomic E-state index is 4.23. The van der Waals surface area contributed by atoms with Gasteiger partial charge in [0.05, 0.1) is 0 Å². The normalized spacial score (nSPS) is 15.4. The van der Waals surface area contributed by atoms with Gasteiger partial charge in [0, 0.05) is 0 Å². The first kappa shape index (κ1) is 21.1. The van der Waals surface area contributed by atoms with Gasteiger partial charge in [0.2, 0.25) is 0 Å². The minimum absolute atomic E-state index is 0. The van der Waals surface area contributed by atoms with E-state index in [2.05, 4.69) is 27.2 Å². The summed E-state index contributed by atoms with van der Waals surface area (Å²) in [6, 6.07) is 0. The minimum Gasteiger partial charge on any atom is -0.121 e. The highest BCUT2D eigenvalue weighted by Gasteiger charge is 2.12. The van der Waals surface area contributed by atoms with Gasteiger partial charge < -0.3 is 0 Å². The lowest BCUT2D eigenvalue weighted by Crippen LogP contribution is -2.13. The molecule has 4 heteroatoms. The molecular formula is C10H25Br2P2. The van der Waals surface area contributed by atoms with Gasteiger partial charge in [0.25, 0.3) is 0 Å². The molecule has 89 valence electrons. The van der Waals surface area contributed by atoms with Crippen LogP contribution in [-0.2, 0) is 0 Å². The predicted molar refractivity (Wildman–Crippen MR) is 86.2 cm³/mol. The van der Waals surface area contributed by atoms with Crippen LogP contribution in [-0.4, -0.2) is 24.6 Å². The summed E-state index contributed by atoms with van der Waals surface area (Å²) in [4.78, 5) is 0. The summed E-state index contributed by atoms with van der Waals surface area (Å²) in [5, 5.41) is 0. The largest absolute Gasteiger partial charge is 0.121 e. The van der Waals surface area contributed by atoms with Crippen molar-refractivity contribution < 1.29 is 0 Å². The molecule has 0 bridgehead atoms. The summed E-state index contributed by atoms with van der Waals surface area (Å²) in [6.45, 7) is 11.1. The Morgan fingerprint density at radius 3 is 2.00 bits per heavy atom. The van der Waals surface area contributed by atoms with Crippen molar-refractivity contribution in [3.63, 3.8) is 0 Å². The highest BCUT2D eigenvalue weighted by atomic mass is 79.9. The van der Waals surface area contributed by atoms with Crippen molar-refractivity contribution in [1.29, 1.82) is 0 Å². The van der Waals surface area contributed by atoms with Crippen LogP contribution in [0.3, 0.4) is 0 Å². The second-order valence-electron chi connectivity index (χ2n) is 3.29. The molecule has 0 heterocycles.